The Labute approximate surface area is 473 Å². The number of methoxy groups -OCH3 is 1. The lowest BCUT2D eigenvalue weighted by Crippen LogP contribution is -2.50. The smallest absolute Gasteiger partial charge is 0.417 e. The molecule has 6 heterocycles. The van der Waals surface area contributed by atoms with Gasteiger partial charge in [0.05, 0.1) is 48.3 Å². The molecule has 7 atom stereocenters. The zero-order valence-corrected chi connectivity index (χ0v) is 46.2. The second-order valence-corrected chi connectivity index (χ2v) is 22.0. The highest BCUT2D eigenvalue weighted by Crippen LogP contribution is 2.51. The van der Waals surface area contributed by atoms with Crippen molar-refractivity contribution in [1.29, 1.82) is 0 Å². The van der Waals surface area contributed by atoms with Crippen LogP contribution in [-0.2, 0) is 27.1 Å². The summed E-state index contributed by atoms with van der Waals surface area (Å²) in [5, 5.41) is 44.1. The van der Waals surface area contributed by atoms with Gasteiger partial charge in [-0.05, 0) is 66.6 Å². The van der Waals surface area contributed by atoms with Crippen molar-refractivity contribution < 1.29 is 51.6 Å². The Balaban J connectivity index is 0.878. The number of hydrogen-bond donors (Lipinski definition) is 5. The van der Waals surface area contributed by atoms with Crippen molar-refractivity contribution >= 4 is 51.0 Å². The van der Waals surface area contributed by atoms with Crippen molar-refractivity contribution in [2.45, 2.75) is 95.7 Å². The number of carbonyl (C=O) groups is 2. The molecule has 0 radical (unpaired) electrons. The number of aliphatic hydroxyl groups excluding tert-OH is 2. The average Bonchev–Trinajstić information content (AvgIpc) is 4.51. The number of nitrogens with one attached hydrogen (secondary N) is 3. The molecule has 23 heteroatoms. The van der Waals surface area contributed by atoms with Crippen LogP contribution in [0, 0.1) is 18.7 Å². The van der Waals surface area contributed by atoms with Crippen LogP contribution in [-0.4, -0.2) is 132 Å². The fraction of sp³-hybridized carbons (Fsp3) is 0.373. The largest absolute Gasteiger partial charge is 0.486 e. The molecule has 428 valence electrons. The van der Waals surface area contributed by atoms with Crippen LogP contribution in [0.15, 0.2) is 97.3 Å². The van der Waals surface area contributed by atoms with Crippen LogP contribution >= 0.6 is 11.6 Å². The average molecular weight is 1150 g/mol. The molecular weight excluding hydrogens is 1090 g/mol. The third kappa shape index (κ3) is 10.9. The Morgan fingerprint density at radius 1 is 0.939 bits per heavy atom. The number of β-amino-alcohol motifs (C(OH)–C–C–N with tert-alkyl or cyclic N) is 1. The van der Waals surface area contributed by atoms with Crippen LogP contribution in [0.2, 0.25) is 5.02 Å². The molecule has 18 nitrogen and oxygen atoms in total. The van der Waals surface area contributed by atoms with Crippen molar-refractivity contribution in [3.05, 3.63) is 130 Å². The predicted octanol–water partition coefficient (Wildman–Crippen LogP) is 8.77. The number of carbonyl (C=O) groups excluding carboxylic acids is 2. The van der Waals surface area contributed by atoms with Gasteiger partial charge < -0.3 is 44.9 Å². The molecule has 82 heavy (non-hydrogen) atoms. The first-order valence-electron chi connectivity index (χ1n) is 27.0. The number of halogens is 5. The Morgan fingerprint density at radius 3 is 2.38 bits per heavy atom. The summed E-state index contributed by atoms with van der Waals surface area (Å²) in [7, 11) is 1.52. The number of piperazine rings is 1. The number of aromatic amines is 1. The fourth-order valence-corrected chi connectivity index (χ4v) is 11.6. The lowest BCUT2D eigenvalue weighted by atomic mass is 9.90. The van der Waals surface area contributed by atoms with Crippen molar-refractivity contribution in [3.8, 4) is 45.3 Å². The van der Waals surface area contributed by atoms with Gasteiger partial charge in [0.2, 0.25) is 11.8 Å². The van der Waals surface area contributed by atoms with Crippen LogP contribution < -0.4 is 25.0 Å². The summed E-state index contributed by atoms with van der Waals surface area (Å²) in [6.07, 6.45) is -2.65. The van der Waals surface area contributed by atoms with Crippen LogP contribution in [0.25, 0.3) is 55.3 Å². The van der Waals surface area contributed by atoms with E-state index in [0.717, 1.165) is 23.6 Å². The highest BCUT2D eigenvalue weighted by Gasteiger charge is 2.45. The molecule has 0 aliphatic carbocycles. The van der Waals surface area contributed by atoms with Gasteiger partial charge in [-0.15, -0.1) is 5.10 Å². The molecule has 3 aliphatic heterocycles. The van der Waals surface area contributed by atoms with Gasteiger partial charge in [-0.2, -0.15) is 28.2 Å². The number of likely N-dealkylation sites (tertiary alicyclic amines) is 1. The van der Waals surface area contributed by atoms with Crippen LogP contribution in [0.4, 0.5) is 23.4 Å². The van der Waals surface area contributed by atoms with Gasteiger partial charge in [0.25, 0.3) is 0 Å². The number of rotatable bonds is 18. The minimum Gasteiger partial charge on any atom is -0.486 e. The Hall–Kier alpha value is -7.76. The normalized spacial score (nSPS) is 19.1. The molecule has 3 fully saturated rings. The van der Waals surface area contributed by atoms with E-state index in [1.807, 2.05) is 49.1 Å². The lowest BCUT2D eigenvalue weighted by molar-refractivity contribution is -0.142. The van der Waals surface area contributed by atoms with Gasteiger partial charge in [-0.25, -0.2) is 9.07 Å². The highest BCUT2D eigenvalue weighted by molar-refractivity contribution is 6.33. The highest BCUT2D eigenvalue weighted by atomic mass is 35.5. The number of benzene rings is 5. The Morgan fingerprint density at radius 2 is 1.70 bits per heavy atom. The van der Waals surface area contributed by atoms with E-state index in [1.54, 1.807) is 55.6 Å². The summed E-state index contributed by atoms with van der Waals surface area (Å²) in [5.74, 6) is -2.15. The monoisotopic (exact) mass is 1150 g/mol. The molecule has 2 bridgehead atoms. The van der Waals surface area contributed by atoms with Gasteiger partial charge in [-0.3, -0.25) is 14.7 Å². The van der Waals surface area contributed by atoms with Gasteiger partial charge in [-0.1, -0.05) is 97.4 Å². The van der Waals surface area contributed by atoms with Gasteiger partial charge in [0.1, 0.15) is 48.1 Å². The first-order chi connectivity index (χ1) is 39.4. The second-order valence-electron chi connectivity index (χ2n) is 21.5. The minimum absolute atomic E-state index is 0.0211. The van der Waals surface area contributed by atoms with Crippen molar-refractivity contribution in [2.75, 3.05) is 44.9 Å². The van der Waals surface area contributed by atoms with Crippen LogP contribution in [0.1, 0.15) is 68.0 Å². The topological polar surface area (TPSA) is 218 Å². The molecule has 8 aromatic rings. The van der Waals surface area contributed by atoms with E-state index in [4.69, 9.17) is 35.8 Å². The third-order valence-corrected chi connectivity index (χ3v) is 16.1. The molecule has 3 aliphatic rings. The van der Waals surface area contributed by atoms with E-state index in [1.165, 1.54) is 35.9 Å². The number of nitrogens with zero attached hydrogens (tertiary/aromatic N) is 8. The lowest BCUT2D eigenvalue weighted by Gasteiger charge is -2.30. The maximum atomic E-state index is 15.9. The van der Waals surface area contributed by atoms with E-state index in [-0.39, 0.29) is 101 Å². The number of hydrogen-bond acceptors (Lipinski definition) is 14. The zero-order valence-electron chi connectivity index (χ0n) is 45.4. The Bertz CT molecular complexity index is 3680. The third-order valence-electron chi connectivity index (χ3n) is 15.8. The molecule has 5 aromatic carbocycles. The van der Waals surface area contributed by atoms with E-state index in [0.29, 0.717) is 40.5 Å². The van der Waals surface area contributed by atoms with E-state index in [9.17, 15) is 19.8 Å². The zero-order chi connectivity index (χ0) is 57.7. The van der Waals surface area contributed by atoms with Crippen LogP contribution in [0.3, 0.4) is 0 Å². The maximum Gasteiger partial charge on any atom is 0.417 e. The second kappa shape index (κ2) is 22.9. The molecule has 0 spiro atoms. The number of H-pyrrole nitrogens is 1. The molecule has 5 N–H and O–H groups in total. The molecule has 0 saturated carbocycles. The number of amides is 2. The van der Waals surface area contributed by atoms with Crippen LogP contribution in [0.5, 0.6) is 11.8 Å². The molecular formula is C59H60ClF4N11O7. The quantitative estimate of drug-likeness (QED) is 0.0508. The molecule has 3 saturated heterocycles. The van der Waals surface area contributed by atoms with Crippen molar-refractivity contribution in [1.82, 2.24) is 50.7 Å². The Kier molecular flexibility index (Phi) is 15.7. The minimum atomic E-state index is -4.98. The molecule has 2 amide bonds. The molecule has 0 unspecified atom stereocenters. The summed E-state index contributed by atoms with van der Waals surface area (Å²) < 4.78 is 83.0. The summed E-state index contributed by atoms with van der Waals surface area (Å²) >= 11 is 6.42. The predicted molar refractivity (Wildman–Crippen MR) is 298 cm³/mol. The first kappa shape index (κ1) is 56.1. The standard InChI is InChI=1S/C59H60ClF4N11O7/c1-30(2)53(57(79)74-25-39(77)19-49(74)56(78)67-48(27-76)36-16-14-34(15-17-36)40-8-6-7-9-44(40)60)75-26-47(71-72-75)35-12-10-33(11-13-35)29-81-54-51(50-32(4)45(61)21-46-42(50)23-66-70-46)43(59(62,63)64)20-41-52(54)68-58(82-28-31(3)80-5)69-55(41)73-24-37-18-38(73)22-65-37/h6-17,20-21,23,26,30-31,37-39,48-49,53,65,76-77H,18-19,22,24-25,27-29H2,1-5H3,(H,66,70)(H,67,78)/t31-,37-,38-,39+,48-,49-,53-/m0/s1. The first-order valence-corrected chi connectivity index (χ1v) is 27.4. The number of ether oxygens (including phenoxy) is 3. The SMILES string of the molecule is CO[C@@H](C)COc1nc(N2C[C@@H]3C[C@H]2CN3)c2cc(C(F)(F)F)c(-c3c(C)c(F)cc4[nH]ncc34)c(OCc3ccc(-c4cn([C@H](C(=O)N5C[C@H](O)C[C@H]5C(=O)N[C@@H](CO)c5ccc(-c6ccccc6Cl)cc5)C(C)C)nn4)cc3)c2n1. The van der Waals surface area contributed by atoms with Crippen molar-refractivity contribution in [3.63, 3.8) is 0 Å². The van der Waals surface area contributed by atoms with E-state index >= 15 is 17.6 Å². The molecule has 3 aromatic heterocycles. The number of fused-ring (bicyclic) bond motifs is 4. The van der Waals surface area contributed by atoms with E-state index in [2.05, 4.69) is 31.1 Å². The number of anilines is 1. The molecule has 11 rings (SSSR count). The maximum absolute atomic E-state index is 15.9. The van der Waals surface area contributed by atoms with E-state index < -0.39 is 65.8 Å². The number of alkyl halides is 3. The number of aromatic nitrogens is 7. The summed E-state index contributed by atoms with van der Waals surface area (Å²) in [6.45, 7) is 7.17. The summed E-state index contributed by atoms with van der Waals surface area (Å²) in [6, 6.07) is 20.9. The number of aliphatic hydroxyl groups is 2. The van der Waals surface area contributed by atoms with Gasteiger partial charge >= 0.3 is 12.2 Å². The van der Waals surface area contributed by atoms with Gasteiger partial charge in [0.15, 0.2) is 5.75 Å². The summed E-state index contributed by atoms with van der Waals surface area (Å²) in [4.78, 5) is 41.4. The fourth-order valence-electron chi connectivity index (χ4n) is 11.4. The van der Waals surface area contributed by atoms with Crippen molar-refractivity contribution in [2.24, 2.45) is 5.92 Å². The summed E-state index contributed by atoms with van der Waals surface area (Å²) in [5.41, 5.74) is 2.35. The van der Waals surface area contributed by atoms with Gasteiger partial charge in [0, 0.05) is 83.3 Å².